The summed E-state index contributed by atoms with van der Waals surface area (Å²) in [6.45, 7) is 0. The van der Waals surface area contributed by atoms with E-state index < -0.39 is 7.14 Å². The van der Waals surface area contributed by atoms with Gasteiger partial charge in [0.05, 0.1) is 0 Å². The minimum Gasteiger partial charge on any atom is -0.309 e. The molecule has 0 radical (unpaired) electrons. The molecule has 40 heavy (non-hydrogen) atoms. The van der Waals surface area contributed by atoms with Crippen molar-refractivity contribution in [1.82, 2.24) is 0 Å². The summed E-state index contributed by atoms with van der Waals surface area (Å²) in [7, 11) is -3.23. The first kappa shape index (κ1) is 23.2. The average Bonchev–Trinajstić information content (AvgIpc) is 3.04. The third-order valence-electron chi connectivity index (χ3n) is 8.28. The molecule has 0 unspecified atom stereocenters. The molecule has 1 nitrogen and oxygen atoms in total. The highest BCUT2D eigenvalue weighted by Gasteiger charge is 2.31. The van der Waals surface area contributed by atoms with E-state index in [9.17, 15) is 0 Å². The van der Waals surface area contributed by atoms with E-state index in [1.165, 1.54) is 26.9 Å². The summed E-state index contributed by atoms with van der Waals surface area (Å²) in [5, 5.41) is 14.2. The Kier molecular flexibility index (Phi) is 5.17. The summed E-state index contributed by atoms with van der Waals surface area (Å²) in [5.41, 5.74) is 0. The second-order valence-corrected chi connectivity index (χ2v) is 13.3. The van der Waals surface area contributed by atoms with Gasteiger partial charge in [-0.05, 0) is 72.1 Å². The number of fused-ring (bicyclic) bond motifs is 8. The molecule has 0 atom stereocenters. The first-order valence-electron chi connectivity index (χ1n) is 13.6. The molecule has 8 rings (SSSR count). The van der Waals surface area contributed by atoms with Gasteiger partial charge in [-0.15, -0.1) is 0 Å². The summed E-state index contributed by atoms with van der Waals surface area (Å²) in [5.74, 6) is 0. The average molecular weight is 529 g/mol. The Balaban J connectivity index is 1.47. The number of hydrogen-bond donors (Lipinski definition) is 0. The largest absolute Gasteiger partial charge is 0.309 e. The molecule has 0 saturated carbocycles. The Bertz CT molecular complexity index is 2200. The molecule has 8 aromatic carbocycles. The van der Waals surface area contributed by atoms with Crippen molar-refractivity contribution in [3.63, 3.8) is 0 Å². The molecule has 0 spiro atoms. The molecule has 0 heterocycles. The Hall–Kier alpha value is -4.71. The van der Waals surface area contributed by atoms with E-state index in [-0.39, 0.29) is 0 Å². The quantitative estimate of drug-likeness (QED) is 0.165. The number of rotatable bonds is 3. The first-order valence-corrected chi connectivity index (χ1v) is 15.3. The normalized spacial score (nSPS) is 12.1. The number of benzene rings is 8. The van der Waals surface area contributed by atoms with Crippen LogP contribution >= 0.6 is 7.14 Å². The van der Waals surface area contributed by atoms with Crippen LogP contribution in [0.4, 0.5) is 0 Å². The molecule has 0 aliphatic carbocycles. The van der Waals surface area contributed by atoms with Crippen molar-refractivity contribution in [1.29, 1.82) is 0 Å². The molecule has 188 valence electrons. The fourth-order valence-electron chi connectivity index (χ4n) is 6.28. The lowest BCUT2D eigenvalue weighted by Crippen LogP contribution is -2.25. The predicted octanol–water partition coefficient (Wildman–Crippen LogP) is 9.09. The lowest BCUT2D eigenvalue weighted by Gasteiger charge is -2.22. The van der Waals surface area contributed by atoms with Crippen molar-refractivity contribution in [3.05, 3.63) is 152 Å². The molecule has 0 aromatic heterocycles. The van der Waals surface area contributed by atoms with Gasteiger partial charge in [-0.2, -0.15) is 0 Å². The van der Waals surface area contributed by atoms with E-state index in [0.29, 0.717) is 0 Å². The maximum atomic E-state index is 15.7. The van der Waals surface area contributed by atoms with Gasteiger partial charge in [0.1, 0.15) is 0 Å². The van der Waals surface area contributed by atoms with Crippen molar-refractivity contribution in [3.8, 4) is 0 Å². The molecular formula is C38H25OP. The van der Waals surface area contributed by atoms with Crippen LogP contribution in [0.15, 0.2) is 152 Å². The third kappa shape index (κ3) is 3.45. The van der Waals surface area contributed by atoms with Crippen molar-refractivity contribution in [2.45, 2.75) is 0 Å². The van der Waals surface area contributed by atoms with Gasteiger partial charge in [0.15, 0.2) is 7.14 Å². The van der Waals surface area contributed by atoms with Crippen LogP contribution in [0.3, 0.4) is 0 Å². The third-order valence-corrected chi connectivity index (χ3v) is 11.3. The van der Waals surface area contributed by atoms with Crippen molar-refractivity contribution >= 4 is 76.9 Å². The monoisotopic (exact) mass is 528 g/mol. The highest BCUT2D eigenvalue weighted by molar-refractivity contribution is 7.85. The molecule has 0 saturated heterocycles. The van der Waals surface area contributed by atoms with Gasteiger partial charge in [-0.1, -0.05) is 133 Å². The van der Waals surface area contributed by atoms with E-state index in [2.05, 4.69) is 127 Å². The Labute approximate surface area is 232 Å². The topological polar surface area (TPSA) is 17.1 Å². The Morgan fingerprint density at radius 2 is 0.650 bits per heavy atom. The first-order chi connectivity index (χ1) is 19.7. The van der Waals surface area contributed by atoms with Crippen LogP contribution in [0.1, 0.15) is 0 Å². The van der Waals surface area contributed by atoms with Gasteiger partial charge in [0.2, 0.25) is 0 Å². The Morgan fingerprint density at radius 3 is 1.15 bits per heavy atom. The summed E-state index contributed by atoms with van der Waals surface area (Å²) in [6.07, 6.45) is 0. The van der Waals surface area contributed by atoms with Crippen LogP contribution in [-0.4, -0.2) is 0 Å². The summed E-state index contributed by atoms with van der Waals surface area (Å²) in [4.78, 5) is 0. The van der Waals surface area contributed by atoms with Crippen molar-refractivity contribution in [2.24, 2.45) is 0 Å². The fourth-order valence-corrected chi connectivity index (χ4v) is 8.98. The zero-order valence-corrected chi connectivity index (χ0v) is 22.7. The highest BCUT2D eigenvalue weighted by atomic mass is 31.2. The molecule has 0 fully saturated rings. The molecule has 0 amide bonds. The maximum absolute atomic E-state index is 15.7. The van der Waals surface area contributed by atoms with E-state index in [0.717, 1.165) is 42.8 Å². The smallest absolute Gasteiger partial charge is 0.171 e. The Morgan fingerprint density at radius 1 is 0.300 bits per heavy atom. The van der Waals surface area contributed by atoms with Crippen LogP contribution in [0, 0.1) is 0 Å². The van der Waals surface area contributed by atoms with Crippen LogP contribution in [0.2, 0.25) is 0 Å². The maximum Gasteiger partial charge on any atom is 0.171 e. The summed E-state index contributed by atoms with van der Waals surface area (Å²) < 4.78 is 15.7. The molecule has 0 aliphatic rings. The minimum atomic E-state index is -3.23. The predicted molar refractivity (Wildman–Crippen MR) is 173 cm³/mol. The number of hydrogen-bond acceptors (Lipinski definition) is 1. The van der Waals surface area contributed by atoms with Crippen LogP contribution < -0.4 is 15.9 Å². The van der Waals surface area contributed by atoms with Crippen LogP contribution in [0.25, 0.3) is 53.9 Å². The van der Waals surface area contributed by atoms with Crippen molar-refractivity contribution < 1.29 is 4.57 Å². The van der Waals surface area contributed by atoms with E-state index in [4.69, 9.17) is 0 Å². The van der Waals surface area contributed by atoms with Gasteiger partial charge in [-0.25, -0.2) is 0 Å². The van der Waals surface area contributed by atoms with Crippen LogP contribution in [-0.2, 0) is 4.57 Å². The van der Waals surface area contributed by atoms with E-state index in [1.807, 2.05) is 24.3 Å². The molecular weight excluding hydrogens is 503 g/mol. The standard InChI is InChI=1S/C38H25OP/c39-40(30-19-17-26-9-1-3-11-28(26)23-30,31-20-18-27-10-2-4-12-29(27)24-31)32-21-22-37-35-15-6-5-13-33(35)34-14-7-8-16-36(34)38(37)25-32/h1-25H. The molecule has 2 heteroatoms. The lowest BCUT2D eigenvalue weighted by molar-refractivity contribution is 0.592. The zero-order chi connectivity index (χ0) is 26.7. The van der Waals surface area contributed by atoms with Crippen molar-refractivity contribution in [2.75, 3.05) is 0 Å². The molecule has 0 N–H and O–H groups in total. The fraction of sp³-hybridized carbons (Fsp3) is 0. The molecule has 8 aromatic rings. The second kappa shape index (κ2) is 8.91. The zero-order valence-electron chi connectivity index (χ0n) is 21.8. The van der Waals surface area contributed by atoms with Gasteiger partial charge in [-0.3, -0.25) is 0 Å². The SMILES string of the molecule is O=P(c1ccc2ccccc2c1)(c1ccc2ccccc2c1)c1ccc2c3ccccc3c3ccccc3c2c1. The van der Waals surface area contributed by atoms with E-state index in [1.54, 1.807) is 0 Å². The summed E-state index contributed by atoms with van der Waals surface area (Å²) in [6, 6.07) is 52.7. The summed E-state index contributed by atoms with van der Waals surface area (Å²) >= 11 is 0. The van der Waals surface area contributed by atoms with E-state index >= 15 is 4.57 Å². The lowest BCUT2D eigenvalue weighted by atomic mass is 9.94. The van der Waals surface area contributed by atoms with Gasteiger partial charge in [0.25, 0.3) is 0 Å². The minimum absolute atomic E-state index is 0.853. The van der Waals surface area contributed by atoms with Gasteiger partial charge >= 0.3 is 0 Å². The second-order valence-electron chi connectivity index (χ2n) is 10.5. The van der Waals surface area contributed by atoms with Crippen LogP contribution in [0.5, 0.6) is 0 Å². The molecule has 0 aliphatic heterocycles. The van der Waals surface area contributed by atoms with Gasteiger partial charge in [0, 0.05) is 15.9 Å². The van der Waals surface area contributed by atoms with Gasteiger partial charge < -0.3 is 4.57 Å². The highest BCUT2D eigenvalue weighted by Crippen LogP contribution is 2.45. The molecule has 0 bridgehead atoms.